The third kappa shape index (κ3) is 4.00. The minimum atomic E-state index is -4.11. The third-order valence-electron chi connectivity index (χ3n) is 2.94. The Morgan fingerprint density at radius 3 is 2.75 bits per heavy atom. The van der Waals surface area contributed by atoms with Crippen LogP contribution in [-0.2, 0) is 17.1 Å². The van der Waals surface area contributed by atoms with E-state index in [4.69, 9.17) is 9.79 Å². The molecule has 0 amide bonds. The number of hydrogen-bond acceptors (Lipinski definition) is 3. The Morgan fingerprint density at radius 1 is 1.30 bits per heavy atom. The van der Waals surface area contributed by atoms with Crippen molar-refractivity contribution in [2.75, 3.05) is 0 Å². The van der Waals surface area contributed by atoms with Crippen molar-refractivity contribution in [2.24, 2.45) is 0 Å². The van der Waals surface area contributed by atoms with Gasteiger partial charge >= 0.3 is 7.60 Å². The topological polar surface area (TPSA) is 88.2 Å². The molecule has 2 aromatic rings. The van der Waals surface area contributed by atoms with Gasteiger partial charge in [-0.05, 0) is 24.5 Å². The number of benzene rings is 1. The number of hydrogen-bond donors (Lipinski definition) is 2. The Bertz CT molecular complexity index is 621. The van der Waals surface area contributed by atoms with Gasteiger partial charge in [-0.15, -0.1) is 5.10 Å². The molecule has 0 atom stereocenters. The van der Waals surface area contributed by atoms with E-state index in [1.807, 2.05) is 12.3 Å². The second-order valence-electron chi connectivity index (χ2n) is 4.71. The highest BCUT2D eigenvalue weighted by Crippen LogP contribution is 2.40. The Morgan fingerprint density at radius 2 is 2.05 bits per heavy atom. The zero-order valence-corrected chi connectivity index (χ0v) is 12.2. The minimum Gasteiger partial charge on any atom is -0.324 e. The van der Waals surface area contributed by atoms with Crippen LogP contribution >= 0.6 is 7.60 Å². The summed E-state index contributed by atoms with van der Waals surface area (Å²) >= 11 is 0. The van der Waals surface area contributed by atoms with Gasteiger partial charge in [-0.2, -0.15) is 0 Å². The van der Waals surface area contributed by atoms with Crippen molar-refractivity contribution in [3.63, 3.8) is 0 Å². The Labute approximate surface area is 117 Å². The zero-order chi connectivity index (χ0) is 14.6. The molecule has 0 aliphatic heterocycles. The van der Waals surface area contributed by atoms with Crippen molar-refractivity contribution in [3.8, 4) is 5.69 Å². The summed E-state index contributed by atoms with van der Waals surface area (Å²) in [5.41, 5.74) is 2.11. The second-order valence-corrected chi connectivity index (χ2v) is 6.36. The minimum absolute atomic E-state index is 0.298. The molecule has 0 fully saturated rings. The Hall–Kier alpha value is -1.49. The molecule has 7 heteroatoms. The van der Waals surface area contributed by atoms with Gasteiger partial charge < -0.3 is 9.79 Å². The van der Waals surface area contributed by atoms with Crippen LogP contribution in [0.2, 0.25) is 0 Å². The number of aryl methyl sites for hydroxylation is 1. The largest absolute Gasteiger partial charge is 0.329 e. The van der Waals surface area contributed by atoms with E-state index in [1.54, 1.807) is 22.9 Å². The van der Waals surface area contributed by atoms with E-state index >= 15 is 0 Å². The van der Waals surface area contributed by atoms with Crippen LogP contribution in [0.5, 0.6) is 0 Å². The predicted octanol–water partition coefficient (Wildman–Crippen LogP) is 2.29. The predicted molar refractivity (Wildman–Crippen MR) is 75.7 cm³/mol. The van der Waals surface area contributed by atoms with Gasteiger partial charge in [0.1, 0.15) is 0 Å². The van der Waals surface area contributed by atoms with Gasteiger partial charge in [0.15, 0.2) is 0 Å². The fourth-order valence-electron chi connectivity index (χ4n) is 1.98. The van der Waals surface area contributed by atoms with Crippen molar-refractivity contribution < 1.29 is 14.4 Å². The summed E-state index contributed by atoms with van der Waals surface area (Å²) < 4.78 is 12.8. The van der Waals surface area contributed by atoms with Gasteiger partial charge in [0.25, 0.3) is 0 Å². The molecule has 0 radical (unpaired) electrons. The lowest BCUT2D eigenvalue weighted by atomic mass is 10.2. The van der Waals surface area contributed by atoms with Crippen LogP contribution in [0.25, 0.3) is 5.69 Å². The fraction of sp³-hybridized carbons (Fsp3) is 0.385. The average Bonchev–Trinajstić information content (AvgIpc) is 2.83. The van der Waals surface area contributed by atoms with Crippen LogP contribution < -0.4 is 0 Å². The smallest absolute Gasteiger partial charge is 0.324 e. The molecule has 2 rings (SSSR count). The van der Waals surface area contributed by atoms with Crippen molar-refractivity contribution in [3.05, 3.63) is 41.7 Å². The lowest BCUT2D eigenvalue weighted by Crippen LogP contribution is -2.00. The zero-order valence-electron chi connectivity index (χ0n) is 11.3. The Balaban J connectivity index is 2.28. The van der Waals surface area contributed by atoms with Crippen LogP contribution in [0, 0.1) is 0 Å². The molecule has 6 nitrogen and oxygen atoms in total. The van der Waals surface area contributed by atoms with Crippen LogP contribution in [0.4, 0.5) is 0 Å². The maximum Gasteiger partial charge on any atom is 0.329 e. The summed E-state index contributed by atoms with van der Waals surface area (Å²) in [6.07, 6.45) is 4.50. The van der Waals surface area contributed by atoms with Crippen molar-refractivity contribution in [1.29, 1.82) is 0 Å². The maximum absolute atomic E-state index is 11.2. The molecule has 1 aromatic heterocycles. The second kappa shape index (κ2) is 6.31. The molecule has 0 saturated carbocycles. The van der Waals surface area contributed by atoms with Gasteiger partial charge in [-0.3, -0.25) is 4.57 Å². The lowest BCUT2D eigenvalue weighted by molar-refractivity contribution is 0.371. The molecule has 0 aliphatic carbocycles. The van der Waals surface area contributed by atoms with Gasteiger partial charge in [0, 0.05) is 0 Å². The summed E-state index contributed by atoms with van der Waals surface area (Å²) in [4.78, 5) is 18.3. The molecule has 20 heavy (non-hydrogen) atoms. The van der Waals surface area contributed by atoms with E-state index in [2.05, 4.69) is 17.2 Å². The van der Waals surface area contributed by atoms with E-state index in [-0.39, 0.29) is 6.16 Å². The molecule has 1 aromatic carbocycles. The van der Waals surface area contributed by atoms with E-state index in [0.717, 1.165) is 25.0 Å². The van der Waals surface area contributed by atoms with E-state index in [0.29, 0.717) is 11.3 Å². The molecule has 1 heterocycles. The molecule has 0 unspecified atom stereocenters. The van der Waals surface area contributed by atoms with Gasteiger partial charge in [-0.25, -0.2) is 4.68 Å². The first-order valence-corrected chi connectivity index (χ1v) is 8.33. The number of rotatable bonds is 6. The SMILES string of the molecule is CCCCc1cn(-c2ccccc2CP(=O)(O)O)nn1. The third-order valence-corrected chi connectivity index (χ3v) is 3.69. The number of unbranched alkanes of at least 4 members (excludes halogenated alkanes) is 1. The number of nitrogens with zero attached hydrogens (tertiary/aromatic N) is 3. The first-order chi connectivity index (χ1) is 9.49. The molecule has 108 valence electrons. The van der Waals surface area contributed by atoms with Crippen LogP contribution in [0.1, 0.15) is 31.0 Å². The normalized spacial score (nSPS) is 11.8. The van der Waals surface area contributed by atoms with E-state index in [9.17, 15) is 4.57 Å². The van der Waals surface area contributed by atoms with Crippen molar-refractivity contribution in [1.82, 2.24) is 15.0 Å². The molecular weight excluding hydrogens is 277 g/mol. The molecule has 2 N–H and O–H groups in total. The van der Waals surface area contributed by atoms with Crippen LogP contribution in [0.15, 0.2) is 30.5 Å². The summed E-state index contributed by atoms with van der Waals surface area (Å²) in [7, 11) is -4.11. The van der Waals surface area contributed by atoms with Gasteiger partial charge in [-0.1, -0.05) is 36.8 Å². The summed E-state index contributed by atoms with van der Waals surface area (Å²) in [6, 6.07) is 7.04. The van der Waals surface area contributed by atoms with Gasteiger partial charge in [0.2, 0.25) is 0 Å². The average molecular weight is 295 g/mol. The standard InChI is InChI=1S/C13H18N3O3P/c1-2-3-7-12-9-16(15-14-12)13-8-5-4-6-11(13)10-20(17,18)19/h4-6,8-9H,2-3,7,10H2,1H3,(H2,17,18,19). The number of aromatic nitrogens is 3. The van der Waals surface area contributed by atoms with E-state index in [1.165, 1.54) is 0 Å². The first kappa shape index (κ1) is 14.9. The monoisotopic (exact) mass is 295 g/mol. The number of para-hydroxylation sites is 1. The fourth-order valence-corrected chi connectivity index (χ4v) is 2.69. The highest BCUT2D eigenvalue weighted by Gasteiger charge is 2.17. The lowest BCUT2D eigenvalue weighted by Gasteiger charge is -2.09. The molecular formula is C13H18N3O3P. The highest BCUT2D eigenvalue weighted by molar-refractivity contribution is 7.50. The highest BCUT2D eigenvalue weighted by atomic mass is 31.2. The summed E-state index contributed by atoms with van der Waals surface area (Å²) in [5, 5.41) is 8.13. The molecule has 0 saturated heterocycles. The van der Waals surface area contributed by atoms with Crippen molar-refractivity contribution >= 4 is 7.60 Å². The van der Waals surface area contributed by atoms with Crippen LogP contribution in [-0.4, -0.2) is 24.8 Å². The Kier molecular flexibility index (Phi) is 4.70. The summed E-state index contributed by atoms with van der Waals surface area (Å²) in [5.74, 6) is 0. The molecule has 0 spiro atoms. The maximum atomic E-state index is 11.2. The summed E-state index contributed by atoms with van der Waals surface area (Å²) in [6.45, 7) is 2.11. The van der Waals surface area contributed by atoms with Crippen molar-refractivity contribution in [2.45, 2.75) is 32.3 Å². The molecule has 0 aliphatic rings. The van der Waals surface area contributed by atoms with E-state index < -0.39 is 7.60 Å². The van der Waals surface area contributed by atoms with Gasteiger partial charge in [0.05, 0.1) is 23.7 Å². The van der Waals surface area contributed by atoms with Crippen LogP contribution in [0.3, 0.4) is 0 Å². The quantitative estimate of drug-likeness (QED) is 0.798. The first-order valence-electron chi connectivity index (χ1n) is 6.53. The molecule has 0 bridgehead atoms.